The molecule has 0 saturated heterocycles. The van der Waals surface area contributed by atoms with E-state index in [1.165, 1.54) is 26.8 Å². The maximum Gasteiger partial charge on any atom is 0.342 e. The SMILES string of the molecule is C=C(C)C(=O)O[C@H]1C/C(C)=C/[C@H](OC(C)=O)C[C@@](C)(O)/C=C2\OC(=O)C(CO)=C21. The number of carbonyl (C=O) groups is 3. The Balaban J connectivity index is 2.61. The van der Waals surface area contributed by atoms with E-state index in [9.17, 15) is 24.6 Å². The molecule has 0 amide bonds. The van der Waals surface area contributed by atoms with E-state index in [1.807, 2.05) is 0 Å². The van der Waals surface area contributed by atoms with Crippen molar-refractivity contribution in [2.75, 3.05) is 6.61 Å². The first kappa shape index (κ1) is 22.6. The van der Waals surface area contributed by atoms with Crippen LogP contribution in [0.3, 0.4) is 0 Å². The fourth-order valence-electron chi connectivity index (χ4n) is 3.29. The smallest absolute Gasteiger partial charge is 0.342 e. The van der Waals surface area contributed by atoms with Gasteiger partial charge in [-0.2, -0.15) is 0 Å². The number of aliphatic hydroxyl groups is 2. The summed E-state index contributed by atoms with van der Waals surface area (Å²) in [5, 5.41) is 20.5. The van der Waals surface area contributed by atoms with Crippen molar-refractivity contribution in [3.05, 3.63) is 46.8 Å². The molecular formula is C21H26O8. The van der Waals surface area contributed by atoms with Gasteiger partial charge in [0.25, 0.3) is 0 Å². The Kier molecular flexibility index (Phi) is 6.81. The number of esters is 3. The molecule has 1 aliphatic carbocycles. The average Bonchev–Trinajstić information content (AvgIpc) is 2.86. The second-order valence-corrected chi connectivity index (χ2v) is 7.55. The van der Waals surface area contributed by atoms with E-state index in [1.54, 1.807) is 13.0 Å². The van der Waals surface area contributed by atoms with Crippen molar-refractivity contribution in [3.8, 4) is 0 Å². The molecule has 0 aromatic carbocycles. The van der Waals surface area contributed by atoms with Gasteiger partial charge in [0.15, 0.2) is 0 Å². The zero-order valence-electron chi connectivity index (χ0n) is 17.0. The number of aliphatic hydroxyl groups excluding tert-OH is 1. The minimum Gasteiger partial charge on any atom is -0.458 e. The van der Waals surface area contributed by atoms with Gasteiger partial charge in [-0.3, -0.25) is 4.79 Å². The van der Waals surface area contributed by atoms with Crippen molar-refractivity contribution in [3.63, 3.8) is 0 Å². The van der Waals surface area contributed by atoms with Gasteiger partial charge in [0.1, 0.15) is 18.0 Å². The molecular weight excluding hydrogens is 380 g/mol. The number of fused-ring (bicyclic) bond motifs is 1. The highest BCUT2D eigenvalue weighted by atomic mass is 16.6. The molecule has 0 bridgehead atoms. The molecule has 2 aliphatic rings. The van der Waals surface area contributed by atoms with Crippen molar-refractivity contribution in [1.82, 2.24) is 0 Å². The molecule has 1 aliphatic heterocycles. The van der Waals surface area contributed by atoms with Crippen LogP contribution >= 0.6 is 0 Å². The van der Waals surface area contributed by atoms with E-state index in [0.717, 1.165) is 0 Å². The highest BCUT2D eigenvalue weighted by molar-refractivity contribution is 5.95. The Hall–Kier alpha value is -2.71. The summed E-state index contributed by atoms with van der Waals surface area (Å²) >= 11 is 0. The lowest BCUT2D eigenvalue weighted by Gasteiger charge is -2.28. The Morgan fingerprint density at radius 2 is 2.00 bits per heavy atom. The maximum atomic E-state index is 12.2. The van der Waals surface area contributed by atoms with Crippen molar-refractivity contribution in [2.24, 2.45) is 0 Å². The summed E-state index contributed by atoms with van der Waals surface area (Å²) in [6.07, 6.45) is 1.43. The van der Waals surface area contributed by atoms with Crippen LogP contribution in [0, 0.1) is 0 Å². The lowest BCUT2D eigenvalue weighted by Crippen LogP contribution is -2.32. The van der Waals surface area contributed by atoms with E-state index in [4.69, 9.17) is 14.2 Å². The minimum absolute atomic E-state index is 0.000148. The van der Waals surface area contributed by atoms with Gasteiger partial charge < -0.3 is 24.4 Å². The summed E-state index contributed by atoms with van der Waals surface area (Å²) in [6.45, 7) is 8.91. The third-order valence-electron chi connectivity index (χ3n) is 4.47. The molecule has 0 unspecified atom stereocenters. The number of ether oxygens (including phenoxy) is 3. The van der Waals surface area contributed by atoms with E-state index in [-0.39, 0.29) is 35.3 Å². The molecule has 29 heavy (non-hydrogen) atoms. The fourth-order valence-corrected chi connectivity index (χ4v) is 3.29. The van der Waals surface area contributed by atoms with E-state index >= 15 is 0 Å². The second kappa shape index (κ2) is 8.75. The number of carbonyl (C=O) groups excluding carboxylic acids is 3. The normalized spacial score (nSPS) is 30.9. The molecule has 3 atom stereocenters. The molecule has 0 aromatic heterocycles. The molecule has 158 valence electrons. The van der Waals surface area contributed by atoms with Crippen LogP contribution in [0.5, 0.6) is 0 Å². The van der Waals surface area contributed by atoms with Crippen molar-refractivity contribution in [1.29, 1.82) is 0 Å². The van der Waals surface area contributed by atoms with E-state index in [2.05, 4.69) is 6.58 Å². The molecule has 8 heteroatoms. The van der Waals surface area contributed by atoms with Crippen LogP contribution in [-0.4, -0.2) is 52.5 Å². The molecule has 0 radical (unpaired) electrons. The van der Waals surface area contributed by atoms with Gasteiger partial charge in [-0.25, -0.2) is 9.59 Å². The third-order valence-corrected chi connectivity index (χ3v) is 4.47. The van der Waals surface area contributed by atoms with Gasteiger partial charge in [-0.1, -0.05) is 12.2 Å². The zero-order valence-corrected chi connectivity index (χ0v) is 17.0. The van der Waals surface area contributed by atoms with Gasteiger partial charge >= 0.3 is 17.9 Å². The number of hydrogen-bond acceptors (Lipinski definition) is 8. The Labute approximate surface area is 169 Å². The first-order chi connectivity index (χ1) is 13.4. The summed E-state index contributed by atoms with van der Waals surface area (Å²) < 4.78 is 16.0. The first-order valence-electron chi connectivity index (χ1n) is 9.16. The highest BCUT2D eigenvalue weighted by Crippen LogP contribution is 2.36. The second-order valence-electron chi connectivity index (χ2n) is 7.55. The summed E-state index contributed by atoms with van der Waals surface area (Å²) in [7, 11) is 0. The van der Waals surface area contributed by atoms with Gasteiger partial charge in [0.2, 0.25) is 0 Å². The maximum absolute atomic E-state index is 12.2. The molecule has 2 N–H and O–H groups in total. The monoisotopic (exact) mass is 406 g/mol. The first-order valence-corrected chi connectivity index (χ1v) is 9.16. The zero-order chi connectivity index (χ0) is 21.9. The quantitative estimate of drug-likeness (QED) is 0.313. The van der Waals surface area contributed by atoms with Crippen LogP contribution in [-0.2, 0) is 28.6 Å². The predicted octanol–water partition coefficient (Wildman–Crippen LogP) is 1.63. The van der Waals surface area contributed by atoms with Gasteiger partial charge in [0.05, 0.1) is 17.8 Å². The molecule has 0 spiro atoms. The summed E-state index contributed by atoms with van der Waals surface area (Å²) in [5.41, 5.74) is -0.516. The predicted molar refractivity (Wildman–Crippen MR) is 102 cm³/mol. The molecule has 1 heterocycles. The van der Waals surface area contributed by atoms with Crippen LogP contribution in [0.1, 0.15) is 40.5 Å². The summed E-state index contributed by atoms with van der Waals surface area (Å²) in [5.74, 6) is -1.97. The van der Waals surface area contributed by atoms with Crippen LogP contribution in [0.15, 0.2) is 46.8 Å². The van der Waals surface area contributed by atoms with Crippen molar-refractivity contribution < 1.29 is 38.8 Å². The Bertz CT molecular complexity index is 828. The standard InChI is InChI=1S/C21H26O8/c1-11(2)19(24)28-16-7-12(3)6-14(27-13(4)23)8-21(5,26)9-17-18(16)15(10-22)20(25)29-17/h6,9,14,16,22,26H,1,7-8,10H2,2-5H3/b12-6+,17-9-/t14-,16-,21+/m0/s1. The molecule has 0 saturated carbocycles. The summed E-state index contributed by atoms with van der Waals surface area (Å²) in [4.78, 5) is 35.9. The van der Waals surface area contributed by atoms with Crippen molar-refractivity contribution >= 4 is 17.9 Å². The van der Waals surface area contributed by atoms with Crippen LogP contribution in [0.4, 0.5) is 0 Å². The highest BCUT2D eigenvalue weighted by Gasteiger charge is 2.39. The van der Waals surface area contributed by atoms with Crippen LogP contribution in [0.25, 0.3) is 0 Å². The molecule has 0 aromatic rings. The van der Waals surface area contributed by atoms with Gasteiger partial charge in [-0.05, 0) is 32.9 Å². The summed E-state index contributed by atoms with van der Waals surface area (Å²) in [6, 6.07) is 0. The van der Waals surface area contributed by atoms with Gasteiger partial charge in [0, 0.05) is 30.9 Å². The lowest BCUT2D eigenvalue weighted by molar-refractivity contribution is -0.145. The van der Waals surface area contributed by atoms with E-state index < -0.39 is 42.3 Å². The lowest BCUT2D eigenvalue weighted by atomic mass is 9.89. The molecule has 8 nitrogen and oxygen atoms in total. The third kappa shape index (κ3) is 5.65. The molecule has 2 rings (SSSR count). The topological polar surface area (TPSA) is 119 Å². The minimum atomic E-state index is -1.52. The van der Waals surface area contributed by atoms with E-state index in [0.29, 0.717) is 5.57 Å². The van der Waals surface area contributed by atoms with Crippen molar-refractivity contribution in [2.45, 2.75) is 58.3 Å². The Morgan fingerprint density at radius 3 is 2.55 bits per heavy atom. The van der Waals surface area contributed by atoms with Crippen LogP contribution < -0.4 is 0 Å². The largest absolute Gasteiger partial charge is 0.458 e. The molecule has 0 fully saturated rings. The number of rotatable bonds is 4. The number of hydrogen-bond donors (Lipinski definition) is 2. The van der Waals surface area contributed by atoms with Gasteiger partial charge in [-0.15, -0.1) is 0 Å². The average molecular weight is 406 g/mol. The van der Waals surface area contributed by atoms with Crippen LogP contribution in [0.2, 0.25) is 0 Å². The fraction of sp³-hybridized carbons (Fsp3) is 0.476. The Morgan fingerprint density at radius 1 is 1.34 bits per heavy atom.